The molecule has 28 heavy (non-hydrogen) atoms. The van der Waals surface area contributed by atoms with Gasteiger partial charge >= 0.3 is 0 Å². The first-order valence-corrected chi connectivity index (χ1v) is 9.82. The van der Waals surface area contributed by atoms with Crippen LogP contribution >= 0.6 is 0 Å². The number of ether oxygens (including phenoxy) is 2. The Morgan fingerprint density at radius 1 is 1.00 bits per heavy atom. The van der Waals surface area contributed by atoms with E-state index >= 15 is 0 Å². The Bertz CT molecular complexity index is 649. The van der Waals surface area contributed by atoms with E-state index in [0.29, 0.717) is 42.5 Å². The lowest BCUT2D eigenvalue weighted by Gasteiger charge is -2.13. The maximum Gasteiger partial charge on any atom is 0.130 e. The highest BCUT2D eigenvalue weighted by Gasteiger charge is 2.10. The molecule has 2 nitrogen and oxygen atoms in total. The van der Waals surface area contributed by atoms with E-state index in [1.165, 1.54) is 6.08 Å². The van der Waals surface area contributed by atoms with Crippen LogP contribution in [0.2, 0.25) is 0 Å². The Morgan fingerprint density at radius 3 is 2.18 bits per heavy atom. The first-order valence-electron chi connectivity index (χ1n) is 9.82. The molecule has 0 aromatic rings. The van der Waals surface area contributed by atoms with E-state index in [-0.39, 0.29) is 11.5 Å². The van der Waals surface area contributed by atoms with E-state index in [9.17, 15) is 4.39 Å². The average molecular weight is 389 g/mol. The monoisotopic (exact) mass is 388 g/mol. The fourth-order valence-corrected chi connectivity index (χ4v) is 2.05. The first-order chi connectivity index (χ1) is 13.2. The topological polar surface area (TPSA) is 18.5 Å². The van der Waals surface area contributed by atoms with Crippen molar-refractivity contribution in [3.63, 3.8) is 0 Å². The van der Waals surface area contributed by atoms with Crippen molar-refractivity contribution in [1.29, 1.82) is 0 Å². The van der Waals surface area contributed by atoms with Crippen molar-refractivity contribution < 1.29 is 13.9 Å². The fraction of sp³-hybridized carbons (Fsp3) is 0.440. The van der Waals surface area contributed by atoms with E-state index in [1.54, 1.807) is 13.2 Å². The van der Waals surface area contributed by atoms with Gasteiger partial charge in [0.1, 0.15) is 18.2 Å². The molecule has 0 aliphatic rings. The molecule has 0 aromatic heterocycles. The van der Waals surface area contributed by atoms with Gasteiger partial charge in [-0.25, -0.2) is 4.39 Å². The smallest absolute Gasteiger partial charge is 0.130 e. The Balaban J connectivity index is 5.22. The lowest BCUT2D eigenvalue weighted by molar-refractivity contribution is 0.112. The summed E-state index contributed by atoms with van der Waals surface area (Å²) in [6.07, 6.45) is 9.08. The van der Waals surface area contributed by atoms with Crippen molar-refractivity contribution in [3.8, 4) is 0 Å². The summed E-state index contributed by atoms with van der Waals surface area (Å²) in [7, 11) is 1.61. The van der Waals surface area contributed by atoms with E-state index in [4.69, 9.17) is 9.47 Å². The maximum atomic E-state index is 14.7. The molecular formula is C25H37FO2. The summed E-state index contributed by atoms with van der Waals surface area (Å²) in [4.78, 5) is 0. The minimum atomic E-state index is -0.451. The van der Waals surface area contributed by atoms with Gasteiger partial charge in [0.25, 0.3) is 0 Å². The van der Waals surface area contributed by atoms with Crippen LogP contribution in [0.25, 0.3) is 0 Å². The molecule has 0 spiro atoms. The summed E-state index contributed by atoms with van der Waals surface area (Å²) in [6, 6.07) is 0. The van der Waals surface area contributed by atoms with Gasteiger partial charge in [0.05, 0.1) is 6.61 Å². The average Bonchev–Trinajstić information content (AvgIpc) is 2.69. The highest BCUT2D eigenvalue weighted by molar-refractivity contribution is 5.50. The van der Waals surface area contributed by atoms with Gasteiger partial charge in [-0.15, -0.1) is 0 Å². The minimum Gasteiger partial charge on any atom is -0.491 e. The normalized spacial score (nSPS) is 14.6. The molecule has 0 aliphatic heterocycles. The molecule has 0 bridgehead atoms. The van der Waals surface area contributed by atoms with Crippen LogP contribution in [0.15, 0.2) is 84.5 Å². The largest absolute Gasteiger partial charge is 0.491 e. The van der Waals surface area contributed by atoms with Gasteiger partial charge in [0.2, 0.25) is 0 Å². The number of halogens is 1. The lowest BCUT2D eigenvalue weighted by atomic mass is 9.97. The minimum absolute atomic E-state index is 0.0455. The number of allylic oxidation sites excluding steroid dienone is 9. The number of hydrogen-bond donors (Lipinski definition) is 0. The van der Waals surface area contributed by atoms with Crippen molar-refractivity contribution in [2.24, 2.45) is 11.8 Å². The molecule has 0 radical (unpaired) electrons. The van der Waals surface area contributed by atoms with Gasteiger partial charge in [-0.3, -0.25) is 0 Å². The number of methoxy groups -OCH3 is 1. The predicted molar refractivity (Wildman–Crippen MR) is 120 cm³/mol. The van der Waals surface area contributed by atoms with Crippen molar-refractivity contribution >= 4 is 0 Å². The highest BCUT2D eigenvalue weighted by Crippen LogP contribution is 2.25. The number of rotatable bonds is 14. The summed E-state index contributed by atoms with van der Waals surface area (Å²) in [5.74, 6) is 0.659. The van der Waals surface area contributed by atoms with Gasteiger partial charge in [-0.1, -0.05) is 72.6 Å². The van der Waals surface area contributed by atoms with Gasteiger partial charge < -0.3 is 9.47 Å². The Hall–Kier alpha value is -2.13. The SMILES string of the molecule is C=C(/C=C(/OCCOC)C(=C)CC)C(=C)/C(F)=C\C(=C)C(C)/C=C\C(C)CC. The molecular weight excluding hydrogens is 351 g/mol. The molecule has 0 rings (SSSR count). The molecule has 0 amide bonds. The summed E-state index contributed by atoms with van der Waals surface area (Å²) in [5, 5.41) is 0. The number of hydrogen-bond acceptors (Lipinski definition) is 2. The Kier molecular flexibility index (Phi) is 12.9. The standard InChI is InChI=1S/C25H37FO2/c1-10-18(3)12-13-20(5)21(6)16-24(26)23(8)22(7)17-25(19(4)11-2)28-15-14-27-9/h12-13,16-18,20H,4,6-8,10-11,14-15H2,1-3,5,9H3/b13-12-,24-16+,25-17+. The van der Waals surface area contributed by atoms with Crippen LogP contribution in [0, 0.1) is 11.8 Å². The van der Waals surface area contributed by atoms with Gasteiger partial charge in [0.15, 0.2) is 0 Å². The van der Waals surface area contributed by atoms with Crippen molar-refractivity contribution in [2.75, 3.05) is 20.3 Å². The zero-order chi connectivity index (χ0) is 21.7. The molecule has 0 fully saturated rings. The second kappa shape index (κ2) is 14.0. The van der Waals surface area contributed by atoms with Gasteiger partial charge in [-0.2, -0.15) is 0 Å². The molecule has 3 heteroatoms. The second-order valence-corrected chi connectivity index (χ2v) is 6.94. The van der Waals surface area contributed by atoms with Crippen LogP contribution in [-0.4, -0.2) is 20.3 Å². The molecule has 0 aliphatic carbocycles. The maximum absolute atomic E-state index is 14.7. The zero-order valence-corrected chi connectivity index (χ0v) is 18.3. The first kappa shape index (κ1) is 25.9. The van der Waals surface area contributed by atoms with Crippen molar-refractivity contribution in [1.82, 2.24) is 0 Å². The predicted octanol–water partition coefficient (Wildman–Crippen LogP) is 7.26. The molecule has 0 N–H and O–H groups in total. The third kappa shape index (κ3) is 9.70. The molecule has 0 aromatic carbocycles. The third-order valence-corrected chi connectivity index (χ3v) is 4.57. The van der Waals surface area contributed by atoms with Crippen LogP contribution in [0.1, 0.15) is 40.5 Å². The van der Waals surface area contributed by atoms with Crippen molar-refractivity contribution in [3.05, 3.63) is 84.5 Å². The van der Waals surface area contributed by atoms with Crippen LogP contribution in [0.4, 0.5) is 4.39 Å². The second-order valence-electron chi connectivity index (χ2n) is 6.94. The molecule has 0 saturated carbocycles. The van der Waals surface area contributed by atoms with Crippen LogP contribution in [-0.2, 0) is 9.47 Å². The molecule has 0 saturated heterocycles. The summed E-state index contributed by atoms with van der Waals surface area (Å²) < 4.78 is 25.3. The summed E-state index contributed by atoms with van der Waals surface area (Å²) in [6.45, 7) is 24.8. The van der Waals surface area contributed by atoms with Crippen molar-refractivity contribution in [2.45, 2.75) is 40.5 Å². The van der Waals surface area contributed by atoms with Crippen LogP contribution < -0.4 is 0 Å². The molecule has 156 valence electrons. The lowest BCUT2D eigenvalue weighted by Crippen LogP contribution is -2.04. The van der Waals surface area contributed by atoms with E-state index in [2.05, 4.69) is 52.3 Å². The van der Waals surface area contributed by atoms with Gasteiger partial charge in [0, 0.05) is 12.7 Å². The summed E-state index contributed by atoms with van der Waals surface area (Å²) in [5.41, 5.74) is 2.13. The molecule has 2 atom stereocenters. The van der Waals surface area contributed by atoms with E-state index in [1.807, 2.05) is 13.8 Å². The zero-order valence-electron chi connectivity index (χ0n) is 18.3. The highest BCUT2D eigenvalue weighted by atomic mass is 19.1. The summed E-state index contributed by atoms with van der Waals surface area (Å²) >= 11 is 0. The fourth-order valence-electron chi connectivity index (χ4n) is 2.05. The van der Waals surface area contributed by atoms with Crippen LogP contribution in [0.5, 0.6) is 0 Å². The Labute approximate surface area is 171 Å². The Morgan fingerprint density at radius 2 is 1.64 bits per heavy atom. The quantitative estimate of drug-likeness (QED) is 0.135. The van der Waals surface area contributed by atoms with Gasteiger partial charge in [-0.05, 0) is 47.1 Å². The van der Waals surface area contributed by atoms with E-state index < -0.39 is 5.83 Å². The molecule has 2 unspecified atom stereocenters. The van der Waals surface area contributed by atoms with Crippen LogP contribution in [0.3, 0.4) is 0 Å². The molecule has 0 heterocycles. The third-order valence-electron chi connectivity index (χ3n) is 4.57. The van der Waals surface area contributed by atoms with E-state index in [0.717, 1.165) is 12.0 Å².